The number of aryl methyl sites for hydroxylation is 1. The van der Waals surface area contributed by atoms with Crippen molar-refractivity contribution in [2.24, 2.45) is 0 Å². The number of carbonyl (C=O) groups excluding carboxylic acids is 2. The van der Waals surface area contributed by atoms with Crippen LogP contribution in [0.25, 0.3) is 16.9 Å². The first kappa shape index (κ1) is 25.6. The fourth-order valence-electron chi connectivity index (χ4n) is 4.43. The van der Waals surface area contributed by atoms with E-state index < -0.39 is 11.9 Å². The van der Waals surface area contributed by atoms with E-state index in [-0.39, 0.29) is 36.4 Å². The molecule has 4 rings (SSSR count). The van der Waals surface area contributed by atoms with Gasteiger partial charge in [-0.3, -0.25) is 10.1 Å². The Morgan fingerprint density at radius 3 is 2.75 bits per heavy atom. The summed E-state index contributed by atoms with van der Waals surface area (Å²) in [6.45, 7) is 5.15. The highest BCUT2D eigenvalue weighted by atomic mass is 19.1. The number of ether oxygens (including phenoxy) is 2. The van der Waals surface area contributed by atoms with Crippen LogP contribution in [0.5, 0.6) is 0 Å². The topological polar surface area (TPSA) is 98.1 Å². The molecule has 9 nitrogen and oxygen atoms in total. The summed E-state index contributed by atoms with van der Waals surface area (Å²) in [4.78, 5) is 31.7. The summed E-state index contributed by atoms with van der Waals surface area (Å²) in [5.41, 5.74) is 2.58. The van der Waals surface area contributed by atoms with E-state index in [1.807, 2.05) is 11.8 Å². The Bertz CT molecular complexity index is 1240. The zero-order chi connectivity index (χ0) is 25.7. The molecular formula is C26H32FN5O4. The van der Waals surface area contributed by atoms with E-state index in [4.69, 9.17) is 9.47 Å². The average Bonchev–Trinajstić information content (AvgIpc) is 3.17. The molecule has 3 aromatic rings. The van der Waals surface area contributed by atoms with Crippen LogP contribution in [-0.4, -0.2) is 64.4 Å². The van der Waals surface area contributed by atoms with Crippen LogP contribution < -0.4 is 5.32 Å². The molecule has 1 atom stereocenters. The molecule has 0 bridgehead atoms. The SMILES string of the molecule is CCc1cc(C(=O)N2CCCCCC2C)nc2cc(-c3ccc(NC(=O)OCCOC)cc3F)nn12. The van der Waals surface area contributed by atoms with E-state index in [1.165, 1.54) is 13.2 Å². The van der Waals surface area contributed by atoms with Crippen molar-refractivity contribution in [3.63, 3.8) is 0 Å². The number of nitrogens with zero attached hydrogens (tertiary/aromatic N) is 4. The van der Waals surface area contributed by atoms with Gasteiger partial charge in [-0.1, -0.05) is 19.8 Å². The lowest BCUT2D eigenvalue weighted by molar-refractivity contribution is 0.0691. The van der Waals surface area contributed by atoms with Crippen LogP contribution in [0.2, 0.25) is 0 Å². The third-order valence-electron chi connectivity index (χ3n) is 6.41. The zero-order valence-corrected chi connectivity index (χ0v) is 20.9. The molecular weight excluding hydrogens is 465 g/mol. The van der Waals surface area contributed by atoms with Crippen LogP contribution >= 0.6 is 0 Å². The number of likely N-dealkylation sites (tertiary alicyclic amines) is 1. The fourth-order valence-corrected chi connectivity index (χ4v) is 4.43. The molecule has 10 heteroatoms. The van der Waals surface area contributed by atoms with Gasteiger partial charge in [-0.25, -0.2) is 18.7 Å². The Labute approximate surface area is 209 Å². The summed E-state index contributed by atoms with van der Waals surface area (Å²) in [6.07, 6.45) is 4.16. The van der Waals surface area contributed by atoms with Crippen molar-refractivity contribution in [3.05, 3.63) is 47.5 Å². The highest BCUT2D eigenvalue weighted by Crippen LogP contribution is 2.26. The van der Waals surface area contributed by atoms with Gasteiger partial charge in [0.2, 0.25) is 0 Å². The maximum absolute atomic E-state index is 15.0. The third-order valence-corrected chi connectivity index (χ3v) is 6.41. The highest BCUT2D eigenvalue weighted by molar-refractivity contribution is 5.93. The standard InChI is InChI=1S/C26H32FN5O4/c1-4-19-15-23(25(33)31-11-7-5-6-8-17(31)2)29-24-16-22(30-32(19)24)20-10-9-18(14-21(20)27)28-26(34)36-13-12-35-3/h9-10,14-17H,4-8,11-13H2,1-3H3,(H,28,34). The molecule has 2 aromatic heterocycles. The Balaban J connectivity index is 1.59. The van der Waals surface area contributed by atoms with E-state index >= 15 is 0 Å². The molecule has 1 saturated heterocycles. The smallest absolute Gasteiger partial charge is 0.411 e. The number of hydrogen-bond acceptors (Lipinski definition) is 6. The number of benzene rings is 1. The van der Waals surface area contributed by atoms with Crippen LogP contribution in [0.1, 0.15) is 55.7 Å². The Morgan fingerprint density at radius 2 is 2.00 bits per heavy atom. The van der Waals surface area contributed by atoms with E-state index in [0.29, 0.717) is 23.5 Å². The number of amides is 2. The van der Waals surface area contributed by atoms with Crippen molar-refractivity contribution in [1.82, 2.24) is 19.5 Å². The first-order chi connectivity index (χ1) is 17.4. The maximum Gasteiger partial charge on any atom is 0.411 e. The molecule has 1 fully saturated rings. The second-order valence-corrected chi connectivity index (χ2v) is 8.93. The molecule has 36 heavy (non-hydrogen) atoms. The second kappa shape index (κ2) is 11.5. The maximum atomic E-state index is 15.0. The van der Waals surface area contributed by atoms with Crippen molar-refractivity contribution in [2.45, 2.75) is 52.0 Å². The largest absolute Gasteiger partial charge is 0.447 e. The predicted octanol–water partition coefficient (Wildman–Crippen LogP) is 4.70. The highest BCUT2D eigenvalue weighted by Gasteiger charge is 2.25. The summed E-state index contributed by atoms with van der Waals surface area (Å²) in [7, 11) is 1.50. The summed E-state index contributed by atoms with van der Waals surface area (Å²) in [5, 5.41) is 7.05. The molecule has 1 N–H and O–H groups in total. The van der Waals surface area contributed by atoms with Crippen LogP contribution in [0.4, 0.5) is 14.9 Å². The van der Waals surface area contributed by atoms with Crippen molar-refractivity contribution in [2.75, 3.05) is 32.2 Å². The molecule has 1 unspecified atom stereocenters. The van der Waals surface area contributed by atoms with E-state index in [9.17, 15) is 14.0 Å². The van der Waals surface area contributed by atoms with Gasteiger partial charge >= 0.3 is 6.09 Å². The van der Waals surface area contributed by atoms with E-state index in [0.717, 1.165) is 37.9 Å². The molecule has 0 saturated carbocycles. The molecule has 2 amide bonds. The Hall–Kier alpha value is -3.53. The molecule has 1 aliphatic heterocycles. The molecule has 0 aliphatic carbocycles. The second-order valence-electron chi connectivity index (χ2n) is 8.93. The van der Waals surface area contributed by atoms with Crippen molar-refractivity contribution in [3.8, 4) is 11.3 Å². The quantitative estimate of drug-likeness (QED) is 0.475. The van der Waals surface area contributed by atoms with Crippen LogP contribution in [-0.2, 0) is 15.9 Å². The first-order valence-electron chi connectivity index (χ1n) is 12.3. The van der Waals surface area contributed by atoms with Gasteiger partial charge in [0, 0.05) is 42.7 Å². The third kappa shape index (κ3) is 5.64. The van der Waals surface area contributed by atoms with E-state index in [1.54, 1.807) is 28.8 Å². The predicted molar refractivity (Wildman–Crippen MR) is 134 cm³/mol. The van der Waals surface area contributed by atoms with Gasteiger partial charge in [-0.05, 0) is 50.5 Å². The summed E-state index contributed by atoms with van der Waals surface area (Å²) in [6, 6.07) is 7.94. The lowest BCUT2D eigenvalue weighted by atomic mass is 10.1. The number of anilines is 1. The molecule has 0 radical (unpaired) electrons. The molecule has 1 aliphatic rings. The van der Waals surface area contributed by atoms with Crippen LogP contribution in [0.3, 0.4) is 0 Å². The number of rotatable bonds is 7. The number of aromatic nitrogens is 3. The van der Waals surface area contributed by atoms with E-state index in [2.05, 4.69) is 22.3 Å². The number of halogens is 1. The number of hydrogen-bond donors (Lipinski definition) is 1. The number of carbonyl (C=O) groups is 2. The minimum Gasteiger partial charge on any atom is -0.447 e. The van der Waals surface area contributed by atoms with Crippen molar-refractivity contribution in [1.29, 1.82) is 0 Å². The van der Waals surface area contributed by atoms with Crippen LogP contribution in [0, 0.1) is 5.82 Å². The summed E-state index contributed by atoms with van der Waals surface area (Å²) >= 11 is 0. The lowest BCUT2D eigenvalue weighted by Gasteiger charge is -2.27. The zero-order valence-electron chi connectivity index (χ0n) is 20.9. The van der Waals surface area contributed by atoms with Gasteiger partial charge in [0.15, 0.2) is 5.65 Å². The summed E-state index contributed by atoms with van der Waals surface area (Å²) < 4.78 is 26.4. The normalized spacial score (nSPS) is 16.1. The molecule has 1 aromatic carbocycles. The van der Waals surface area contributed by atoms with Gasteiger partial charge < -0.3 is 14.4 Å². The molecule has 3 heterocycles. The molecule has 0 spiro atoms. The van der Waals surface area contributed by atoms with Gasteiger partial charge in [0.05, 0.1) is 12.3 Å². The van der Waals surface area contributed by atoms with Gasteiger partial charge in [-0.2, -0.15) is 5.10 Å². The first-order valence-corrected chi connectivity index (χ1v) is 12.3. The minimum atomic E-state index is -0.695. The monoisotopic (exact) mass is 497 g/mol. The number of fused-ring (bicyclic) bond motifs is 1. The molecule has 192 valence electrons. The van der Waals surface area contributed by atoms with Crippen molar-refractivity contribution >= 4 is 23.3 Å². The average molecular weight is 498 g/mol. The Morgan fingerprint density at radius 1 is 1.17 bits per heavy atom. The lowest BCUT2D eigenvalue weighted by Crippen LogP contribution is -2.38. The van der Waals surface area contributed by atoms with Crippen molar-refractivity contribution < 1.29 is 23.5 Å². The number of methoxy groups -OCH3 is 1. The fraction of sp³-hybridized carbons (Fsp3) is 0.462. The summed E-state index contributed by atoms with van der Waals surface area (Å²) in [5.74, 6) is -0.635. The van der Waals surface area contributed by atoms with Crippen LogP contribution in [0.15, 0.2) is 30.3 Å². The van der Waals surface area contributed by atoms with Gasteiger partial charge in [0.25, 0.3) is 5.91 Å². The van der Waals surface area contributed by atoms with Gasteiger partial charge in [0.1, 0.15) is 18.1 Å². The van der Waals surface area contributed by atoms with Gasteiger partial charge in [-0.15, -0.1) is 0 Å². The number of nitrogens with one attached hydrogen (secondary N) is 1. The Kier molecular flexibility index (Phi) is 8.14. The minimum absolute atomic E-state index is 0.0802.